The molecule has 19 heavy (non-hydrogen) atoms. The highest BCUT2D eigenvalue weighted by molar-refractivity contribution is 5.84. The summed E-state index contributed by atoms with van der Waals surface area (Å²) in [5.74, 6) is 0.0756. The Morgan fingerprint density at radius 1 is 1.42 bits per heavy atom. The smallest absolute Gasteiger partial charge is 0.240 e. The number of aromatic amines is 1. The lowest BCUT2D eigenvalue weighted by atomic mass is 10.0. The average Bonchev–Trinajstić information content (AvgIpc) is 2.78. The van der Waals surface area contributed by atoms with E-state index in [1.165, 1.54) is 0 Å². The SMILES string of the molecule is O=C1CCN(C(=O)C2Cc3nc[nH]c3CN2)CCN1. The zero-order valence-electron chi connectivity index (χ0n) is 10.6. The van der Waals surface area contributed by atoms with Crippen LogP contribution in [0.1, 0.15) is 17.8 Å². The third-order valence-electron chi connectivity index (χ3n) is 3.65. The number of hydrogen-bond acceptors (Lipinski definition) is 4. The molecule has 102 valence electrons. The van der Waals surface area contributed by atoms with Crippen molar-refractivity contribution in [2.75, 3.05) is 19.6 Å². The van der Waals surface area contributed by atoms with Crippen LogP contribution >= 0.6 is 0 Å². The van der Waals surface area contributed by atoms with Crippen molar-refractivity contribution in [3.63, 3.8) is 0 Å². The zero-order chi connectivity index (χ0) is 13.2. The van der Waals surface area contributed by atoms with Gasteiger partial charge in [0.1, 0.15) is 0 Å². The maximum absolute atomic E-state index is 12.4. The fourth-order valence-electron chi connectivity index (χ4n) is 2.55. The molecule has 0 bridgehead atoms. The normalized spacial score (nSPS) is 23.5. The number of nitrogens with zero attached hydrogens (tertiary/aromatic N) is 2. The lowest BCUT2D eigenvalue weighted by Crippen LogP contribution is -2.50. The Bertz CT molecular complexity index is 498. The molecule has 2 aliphatic heterocycles. The first-order valence-corrected chi connectivity index (χ1v) is 6.54. The van der Waals surface area contributed by atoms with Crippen molar-refractivity contribution in [2.45, 2.75) is 25.4 Å². The lowest BCUT2D eigenvalue weighted by molar-refractivity contribution is -0.133. The standard InChI is InChI=1S/C12H17N5O2/c18-11-1-3-17(4-2-13-11)12(19)9-5-8-10(6-14-9)16-7-15-8/h7,9,14H,1-6H2,(H,13,18)(H,15,16). The summed E-state index contributed by atoms with van der Waals surface area (Å²) in [6.07, 6.45) is 2.65. The van der Waals surface area contributed by atoms with E-state index in [1.807, 2.05) is 0 Å². The summed E-state index contributed by atoms with van der Waals surface area (Å²) in [6, 6.07) is -0.232. The maximum atomic E-state index is 12.4. The number of carbonyl (C=O) groups is 2. The van der Waals surface area contributed by atoms with Gasteiger partial charge < -0.3 is 15.2 Å². The number of rotatable bonds is 1. The molecule has 0 aliphatic carbocycles. The van der Waals surface area contributed by atoms with Crippen molar-refractivity contribution in [3.8, 4) is 0 Å². The van der Waals surface area contributed by atoms with E-state index in [0.29, 0.717) is 39.0 Å². The van der Waals surface area contributed by atoms with Crippen molar-refractivity contribution < 1.29 is 9.59 Å². The average molecular weight is 263 g/mol. The Morgan fingerprint density at radius 2 is 2.32 bits per heavy atom. The number of imidazole rings is 1. The molecule has 1 saturated heterocycles. The van der Waals surface area contributed by atoms with Crippen LogP contribution in [-0.2, 0) is 22.6 Å². The van der Waals surface area contributed by atoms with Gasteiger partial charge in [-0.05, 0) is 0 Å². The Labute approximate surface area is 110 Å². The van der Waals surface area contributed by atoms with Crippen LogP contribution in [0.4, 0.5) is 0 Å². The van der Waals surface area contributed by atoms with Crippen LogP contribution in [0.15, 0.2) is 6.33 Å². The van der Waals surface area contributed by atoms with Gasteiger partial charge in [-0.2, -0.15) is 0 Å². The molecule has 7 nitrogen and oxygen atoms in total. The molecule has 7 heteroatoms. The second kappa shape index (κ2) is 5.00. The highest BCUT2D eigenvalue weighted by Crippen LogP contribution is 2.14. The zero-order valence-corrected chi connectivity index (χ0v) is 10.6. The molecule has 1 aromatic heterocycles. The minimum atomic E-state index is -0.232. The van der Waals surface area contributed by atoms with E-state index in [9.17, 15) is 9.59 Å². The number of nitrogens with one attached hydrogen (secondary N) is 3. The number of carbonyl (C=O) groups excluding carboxylic acids is 2. The van der Waals surface area contributed by atoms with Crippen LogP contribution in [-0.4, -0.2) is 52.4 Å². The molecule has 3 rings (SSSR count). The van der Waals surface area contributed by atoms with E-state index in [-0.39, 0.29) is 17.9 Å². The van der Waals surface area contributed by atoms with E-state index in [2.05, 4.69) is 20.6 Å². The number of aromatic nitrogens is 2. The predicted molar refractivity (Wildman–Crippen MR) is 67.1 cm³/mol. The van der Waals surface area contributed by atoms with Gasteiger partial charge in [-0.15, -0.1) is 0 Å². The summed E-state index contributed by atoms with van der Waals surface area (Å²) in [6.45, 7) is 2.24. The van der Waals surface area contributed by atoms with Gasteiger partial charge in [0, 0.05) is 39.0 Å². The quantitative estimate of drug-likeness (QED) is 0.592. The molecular formula is C12H17N5O2. The molecule has 3 N–H and O–H groups in total. The minimum Gasteiger partial charge on any atom is -0.354 e. The molecule has 0 aromatic carbocycles. The number of amides is 2. The van der Waals surface area contributed by atoms with Gasteiger partial charge >= 0.3 is 0 Å². The van der Waals surface area contributed by atoms with E-state index in [4.69, 9.17) is 0 Å². The van der Waals surface area contributed by atoms with E-state index >= 15 is 0 Å². The fourth-order valence-corrected chi connectivity index (χ4v) is 2.55. The maximum Gasteiger partial charge on any atom is 0.240 e. The Morgan fingerprint density at radius 3 is 3.21 bits per heavy atom. The molecule has 1 unspecified atom stereocenters. The van der Waals surface area contributed by atoms with Crippen molar-refractivity contribution in [1.82, 2.24) is 25.5 Å². The fraction of sp³-hybridized carbons (Fsp3) is 0.583. The molecule has 3 heterocycles. The summed E-state index contributed by atoms with van der Waals surface area (Å²) < 4.78 is 0. The Kier molecular flexibility index (Phi) is 3.20. The van der Waals surface area contributed by atoms with Crippen LogP contribution in [0.25, 0.3) is 0 Å². The largest absolute Gasteiger partial charge is 0.354 e. The molecule has 0 spiro atoms. The lowest BCUT2D eigenvalue weighted by Gasteiger charge is -2.28. The van der Waals surface area contributed by atoms with Crippen molar-refractivity contribution in [1.29, 1.82) is 0 Å². The second-order valence-electron chi connectivity index (χ2n) is 4.89. The molecule has 2 amide bonds. The van der Waals surface area contributed by atoms with Gasteiger partial charge in [0.15, 0.2) is 0 Å². The molecule has 1 aromatic rings. The molecule has 1 fully saturated rings. The van der Waals surface area contributed by atoms with Crippen molar-refractivity contribution >= 4 is 11.8 Å². The number of fused-ring (bicyclic) bond motifs is 1. The van der Waals surface area contributed by atoms with Crippen LogP contribution < -0.4 is 10.6 Å². The molecule has 2 aliphatic rings. The van der Waals surface area contributed by atoms with Crippen molar-refractivity contribution in [3.05, 3.63) is 17.7 Å². The Balaban J connectivity index is 1.66. The third kappa shape index (κ3) is 2.46. The minimum absolute atomic E-state index is 0.0153. The van der Waals surface area contributed by atoms with Gasteiger partial charge in [0.2, 0.25) is 11.8 Å². The van der Waals surface area contributed by atoms with Gasteiger partial charge in [0.05, 0.1) is 23.8 Å². The summed E-state index contributed by atoms with van der Waals surface area (Å²) in [7, 11) is 0. The molecule has 0 radical (unpaired) electrons. The monoisotopic (exact) mass is 263 g/mol. The number of H-pyrrole nitrogens is 1. The van der Waals surface area contributed by atoms with E-state index < -0.39 is 0 Å². The predicted octanol–water partition coefficient (Wildman–Crippen LogP) is -1.23. The van der Waals surface area contributed by atoms with E-state index in [1.54, 1.807) is 11.2 Å². The summed E-state index contributed by atoms with van der Waals surface area (Å²) in [5, 5.41) is 6.00. The first kappa shape index (κ1) is 12.2. The van der Waals surface area contributed by atoms with E-state index in [0.717, 1.165) is 11.4 Å². The first-order chi connectivity index (χ1) is 9.24. The second-order valence-corrected chi connectivity index (χ2v) is 4.89. The highest BCUT2D eigenvalue weighted by Gasteiger charge is 2.30. The molecule has 1 atom stereocenters. The van der Waals surface area contributed by atoms with Crippen LogP contribution in [0.3, 0.4) is 0 Å². The number of hydrogen-bond donors (Lipinski definition) is 3. The summed E-state index contributed by atoms with van der Waals surface area (Å²) >= 11 is 0. The van der Waals surface area contributed by atoms with Gasteiger partial charge in [-0.3, -0.25) is 14.9 Å². The van der Waals surface area contributed by atoms with Crippen LogP contribution in [0, 0.1) is 0 Å². The Hall–Kier alpha value is -1.89. The third-order valence-corrected chi connectivity index (χ3v) is 3.65. The first-order valence-electron chi connectivity index (χ1n) is 6.54. The van der Waals surface area contributed by atoms with Crippen LogP contribution in [0.2, 0.25) is 0 Å². The highest BCUT2D eigenvalue weighted by atomic mass is 16.2. The molecule has 0 saturated carbocycles. The molecular weight excluding hydrogens is 246 g/mol. The van der Waals surface area contributed by atoms with Crippen LogP contribution in [0.5, 0.6) is 0 Å². The summed E-state index contributed by atoms with van der Waals surface area (Å²) in [5.41, 5.74) is 2.01. The van der Waals surface area contributed by atoms with Gasteiger partial charge in [-0.25, -0.2) is 4.98 Å². The van der Waals surface area contributed by atoms with Gasteiger partial charge in [0.25, 0.3) is 0 Å². The topological polar surface area (TPSA) is 90.1 Å². The summed E-state index contributed by atoms with van der Waals surface area (Å²) in [4.78, 5) is 32.8. The van der Waals surface area contributed by atoms with Crippen molar-refractivity contribution in [2.24, 2.45) is 0 Å². The van der Waals surface area contributed by atoms with Gasteiger partial charge in [-0.1, -0.05) is 0 Å².